The molecule has 3 heterocycles. The van der Waals surface area contributed by atoms with Crippen molar-refractivity contribution < 1.29 is 24.1 Å². The number of pyridine rings is 1. The fourth-order valence-electron chi connectivity index (χ4n) is 5.59. The molecule has 0 bridgehead atoms. The number of fused-ring (bicyclic) bond motifs is 2. The van der Waals surface area contributed by atoms with Gasteiger partial charge in [-0.15, -0.1) is 0 Å². The molecule has 0 spiro atoms. The summed E-state index contributed by atoms with van der Waals surface area (Å²) in [5.41, 5.74) is 4.47. The molecule has 1 aliphatic heterocycles. The average Bonchev–Trinajstić information content (AvgIpc) is 3.33. The molecule has 0 radical (unpaired) electrons. The molecule has 1 aliphatic rings. The van der Waals surface area contributed by atoms with Gasteiger partial charge in [0.15, 0.2) is 6.10 Å². The van der Waals surface area contributed by atoms with E-state index in [-0.39, 0.29) is 5.56 Å². The summed E-state index contributed by atoms with van der Waals surface area (Å²) in [5.74, 6) is 0.462. The predicted octanol–water partition coefficient (Wildman–Crippen LogP) is 5.64. The predicted molar refractivity (Wildman–Crippen MR) is 154 cm³/mol. The third kappa shape index (κ3) is 4.99. The minimum absolute atomic E-state index is 0.282. The van der Waals surface area contributed by atoms with Gasteiger partial charge >= 0.3 is 5.97 Å². The number of benzene rings is 2. The molecule has 0 fully saturated rings. The number of aromatic nitrogens is 2. The van der Waals surface area contributed by atoms with Gasteiger partial charge in [-0.25, -0.2) is 4.79 Å². The van der Waals surface area contributed by atoms with E-state index in [1.165, 1.54) is 4.57 Å². The third-order valence-electron chi connectivity index (χ3n) is 7.47. The number of nitrogens with zero attached hydrogens (tertiary/aromatic N) is 2. The van der Waals surface area contributed by atoms with Crippen molar-refractivity contribution in [2.45, 2.75) is 58.8 Å². The second-order valence-corrected chi connectivity index (χ2v) is 11.3. The van der Waals surface area contributed by atoms with Gasteiger partial charge < -0.3 is 28.5 Å². The molecule has 0 saturated carbocycles. The fraction of sp³-hybridized carbons (Fsp3) is 0.375. The maximum absolute atomic E-state index is 14.0. The summed E-state index contributed by atoms with van der Waals surface area (Å²) in [7, 11) is 3.25. The first-order chi connectivity index (χ1) is 19.0. The second-order valence-electron chi connectivity index (χ2n) is 11.3. The number of carbonyl (C=O) groups is 1. The van der Waals surface area contributed by atoms with Crippen molar-refractivity contribution in [3.8, 4) is 22.6 Å². The van der Waals surface area contributed by atoms with Crippen LogP contribution in [-0.4, -0.2) is 39.5 Å². The Hall–Kier alpha value is -4.04. The molecule has 0 saturated heterocycles. The van der Waals surface area contributed by atoms with E-state index in [1.54, 1.807) is 14.2 Å². The van der Waals surface area contributed by atoms with Crippen molar-refractivity contribution in [1.82, 2.24) is 9.13 Å². The zero-order valence-electron chi connectivity index (χ0n) is 23.9. The molecule has 0 unspecified atom stereocenters. The average molecular weight is 545 g/mol. The van der Waals surface area contributed by atoms with Crippen molar-refractivity contribution in [2.24, 2.45) is 7.05 Å². The highest BCUT2D eigenvalue weighted by atomic mass is 16.5. The summed E-state index contributed by atoms with van der Waals surface area (Å²) in [6.07, 6.45) is 2.32. The van der Waals surface area contributed by atoms with Crippen LogP contribution in [-0.2, 0) is 29.5 Å². The van der Waals surface area contributed by atoms with Crippen LogP contribution >= 0.6 is 0 Å². The number of carboxylic acids is 1. The number of aliphatic carboxylic acids is 1. The van der Waals surface area contributed by atoms with E-state index < -0.39 is 17.7 Å². The Bertz CT molecular complexity index is 1640. The van der Waals surface area contributed by atoms with Gasteiger partial charge in [-0.1, -0.05) is 18.2 Å². The summed E-state index contributed by atoms with van der Waals surface area (Å²) >= 11 is 0. The number of ether oxygens (including phenoxy) is 3. The number of hydrogen-bond donors (Lipinski definition) is 1. The van der Waals surface area contributed by atoms with Gasteiger partial charge in [0.05, 0.1) is 25.0 Å². The van der Waals surface area contributed by atoms with Gasteiger partial charge in [0.25, 0.3) is 5.56 Å². The Labute approximate surface area is 233 Å². The first kappa shape index (κ1) is 27.5. The smallest absolute Gasteiger partial charge is 0.339 e. The van der Waals surface area contributed by atoms with E-state index in [4.69, 9.17) is 14.2 Å². The first-order valence-corrected chi connectivity index (χ1v) is 13.5. The van der Waals surface area contributed by atoms with Crippen LogP contribution in [0.2, 0.25) is 0 Å². The molecule has 1 N–H and O–H groups in total. The van der Waals surface area contributed by atoms with E-state index in [1.807, 2.05) is 80.9 Å². The maximum Gasteiger partial charge on any atom is 0.339 e. The quantitative estimate of drug-likeness (QED) is 0.324. The third-order valence-corrected chi connectivity index (χ3v) is 7.47. The van der Waals surface area contributed by atoms with Crippen molar-refractivity contribution in [3.63, 3.8) is 0 Å². The molecular weight excluding hydrogens is 508 g/mol. The molecule has 40 heavy (non-hydrogen) atoms. The van der Waals surface area contributed by atoms with E-state index in [9.17, 15) is 14.7 Å². The maximum atomic E-state index is 14.0. The van der Waals surface area contributed by atoms with Crippen LogP contribution in [0.3, 0.4) is 0 Å². The van der Waals surface area contributed by atoms with E-state index >= 15 is 0 Å². The molecule has 0 aliphatic carbocycles. The Morgan fingerprint density at radius 1 is 1.12 bits per heavy atom. The molecule has 1 atom stereocenters. The standard InChI is InChI=1S/C32H36N2O6/c1-19-22-8-7-17-39-25(22)14-13-23(19)26-24-15-16-34(18-20-9-11-21(38-6)12-10-20)27(24)30(35)33(5)28(26)29(31(36)37)40-32(2,3)4/h9-16,29H,7-8,17-18H2,1-6H3,(H,36,37)/t29-/m0/s1. The Morgan fingerprint density at radius 2 is 1.85 bits per heavy atom. The number of hydrogen-bond acceptors (Lipinski definition) is 5. The van der Waals surface area contributed by atoms with Crippen LogP contribution < -0.4 is 15.0 Å². The summed E-state index contributed by atoms with van der Waals surface area (Å²) in [6, 6.07) is 13.5. The lowest BCUT2D eigenvalue weighted by molar-refractivity contribution is -0.161. The number of rotatable bonds is 7. The topological polar surface area (TPSA) is 91.9 Å². The van der Waals surface area contributed by atoms with E-state index in [2.05, 4.69) is 0 Å². The Balaban J connectivity index is 1.80. The van der Waals surface area contributed by atoms with Gasteiger partial charge in [0.1, 0.15) is 17.0 Å². The minimum Gasteiger partial charge on any atom is -0.497 e. The highest BCUT2D eigenvalue weighted by Gasteiger charge is 2.34. The van der Waals surface area contributed by atoms with Gasteiger partial charge in [0.2, 0.25) is 0 Å². The second kappa shape index (κ2) is 10.5. The van der Waals surface area contributed by atoms with Crippen LogP contribution in [0.4, 0.5) is 0 Å². The molecule has 2 aromatic carbocycles. The number of methoxy groups -OCH3 is 1. The zero-order chi connectivity index (χ0) is 28.8. The molecule has 8 heteroatoms. The Kier molecular flexibility index (Phi) is 7.23. The lowest BCUT2D eigenvalue weighted by Gasteiger charge is -2.29. The molecule has 5 rings (SSSR count). The highest BCUT2D eigenvalue weighted by molar-refractivity contribution is 5.99. The molecule has 4 aromatic rings. The van der Waals surface area contributed by atoms with Crippen LogP contribution in [0.15, 0.2) is 53.5 Å². The Morgan fingerprint density at radius 3 is 2.50 bits per heavy atom. The van der Waals surface area contributed by atoms with Crippen LogP contribution in [0.5, 0.6) is 11.5 Å². The van der Waals surface area contributed by atoms with Crippen molar-refractivity contribution >= 4 is 16.9 Å². The summed E-state index contributed by atoms with van der Waals surface area (Å²) < 4.78 is 20.7. The summed E-state index contributed by atoms with van der Waals surface area (Å²) in [6.45, 7) is 8.62. The van der Waals surface area contributed by atoms with E-state index in [0.29, 0.717) is 35.3 Å². The lowest BCUT2D eigenvalue weighted by atomic mass is 9.89. The van der Waals surface area contributed by atoms with Crippen molar-refractivity contribution in [3.05, 3.63) is 81.4 Å². The van der Waals surface area contributed by atoms with E-state index in [0.717, 1.165) is 46.6 Å². The first-order valence-electron chi connectivity index (χ1n) is 13.5. The SMILES string of the molecule is COc1ccc(Cn2ccc3c(-c4ccc5c(c4C)CCCO5)c([C@H](OC(C)(C)C)C(=O)O)n(C)c(=O)c32)cc1. The van der Waals surface area contributed by atoms with Gasteiger partial charge in [0, 0.05) is 30.7 Å². The van der Waals surface area contributed by atoms with Crippen LogP contribution in [0, 0.1) is 6.92 Å². The molecular formula is C32H36N2O6. The highest BCUT2D eigenvalue weighted by Crippen LogP contribution is 2.42. The van der Waals surface area contributed by atoms with Gasteiger partial charge in [-0.2, -0.15) is 0 Å². The largest absolute Gasteiger partial charge is 0.497 e. The number of carboxylic acid groups (broad SMARTS) is 1. The lowest BCUT2D eigenvalue weighted by Crippen LogP contribution is -2.33. The molecule has 8 nitrogen and oxygen atoms in total. The van der Waals surface area contributed by atoms with Gasteiger partial charge in [-0.05, 0) is 87.1 Å². The summed E-state index contributed by atoms with van der Waals surface area (Å²) in [5, 5.41) is 11.1. The monoisotopic (exact) mass is 544 g/mol. The normalized spacial score (nSPS) is 14.1. The minimum atomic E-state index is -1.35. The molecule has 0 amide bonds. The van der Waals surface area contributed by atoms with Crippen LogP contribution in [0.1, 0.15) is 55.7 Å². The zero-order valence-corrected chi connectivity index (χ0v) is 23.9. The van der Waals surface area contributed by atoms with Gasteiger partial charge in [-0.3, -0.25) is 4.79 Å². The van der Waals surface area contributed by atoms with Crippen molar-refractivity contribution in [1.29, 1.82) is 0 Å². The fourth-order valence-corrected chi connectivity index (χ4v) is 5.59. The molecule has 210 valence electrons. The van der Waals surface area contributed by atoms with Crippen LogP contribution in [0.25, 0.3) is 22.0 Å². The van der Waals surface area contributed by atoms with Crippen molar-refractivity contribution in [2.75, 3.05) is 13.7 Å². The summed E-state index contributed by atoms with van der Waals surface area (Å²) in [4.78, 5) is 26.7. The molecule has 2 aromatic heterocycles.